The van der Waals surface area contributed by atoms with Crippen molar-refractivity contribution in [1.29, 1.82) is 0 Å². The van der Waals surface area contributed by atoms with Gasteiger partial charge in [-0.2, -0.15) is 0 Å². The average Bonchev–Trinajstić information content (AvgIpc) is 2.65. The highest BCUT2D eigenvalue weighted by Crippen LogP contribution is 2.43. The van der Waals surface area contributed by atoms with Crippen LogP contribution in [0, 0.1) is 0 Å². The molecule has 2 nitrogen and oxygen atoms in total. The van der Waals surface area contributed by atoms with E-state index >= 15 is 0 Å². The highest BCUT2D eigenvalue weighted by Gasteiger charge is 2.34. The van der Waals surface area contributed by atoms with Crippen LogP contribution in [-0.4, -0.2) is 20.2 Å². The molecule has 1 aliphatic rings. The van der Waals surface area contributed by atoms with Crippen LogP contribution in [0.4, 0.5) is 0 Å². The molecule has 2 heteroatoms. The minimum atomic E-state index is 0.0296. The summed E-state index contributed by atoms with van der Waals surface area (Å²) in [4.78, 5) is 0. The molecule has 1 aliphatic carbocycles. The normalized spacial score (nSPS) is 19.5. The average molecular weight is 335 g/mol. The molecule has 3 rings (SSSR count). The van der Waals surface area contributed by atoms with E-state index in [0.29, 0.717) is 0 Å². The third-order valence-corrected chi connectivity index (χ3v) is 5.62. The van der Waals surface area contributed by atoms with Crippen molar-refractivity contribution in [3.63, 3.8) is 0 Å². The van der Waals surface area contributed by atoms with Crippen LogP contribution >= 0.6 is 0 Å². The van der Waals surface area contributed by atoms with Crippen LogP contribution in [0.3, 0.4) is 0 Å². The van der Waals surface area contributed by atoms with Crippen molar-refractivity contribution in [2.45, 2.75) is 38.0 Å². The molecule has 1 atom stereocenters. The molecule has 0 unspecified atom stereocenters. The van der Waals surface area contributed by atoms with Gasteiger partial charge in [0.15, 0.2) is 0 Å². The molecule has 0 heterocycles. The van der Waals surface area contributed by atoms with Gasteiger partial charge in [0.05, 0.1) is 7.11 Å². The molecule has 1 N–H and O–H groups in total. The summed E-state index contributed by atoms with van der Waals surface area (Å²) in [5.41, 5.74) is 5.60. The summed E-state index contributed by atoms with van der Waals surface area (Å²) in [6.07, 6.45) is 4.32. The maximum Gasteiger partial charge on any atom is 0.119 e. The van der Waals surface area contributed by atoms with Gasteiger partial charge in [-0.05, 0) is 67.6 Å². The van der Waals surface area contributed by atoms with E-state index in [9.17, 15) is 0 Å². The molecule has 0 amide bonds. The number of fused-ring (bicyclic) bond motifs is 1. The fourth-order valence-corrected chi connectivity index (χ4v) is 3.82. The Morgan fingerprint density at radius 2 is 1.88 bits per heavy atom. The Kier molecular flexibility index (Phi) is 5.60. The SMILES string of the molecule is C=C1CCc2ccc(OC)cc2[C@]1(C)CCNCCc1ccccc1. The summed E-state index contributed by atoms with van der Waals surface area (Å²) in [6.45, 7) is 8.75. The molecule has 0 radical (unpaired) electrons. The summed E-state index contributed by atoms with van der Waals surface area (Å²) in [7, 11) is 1.74. The molecule has 25 heavy (non-hydrogen) atoms. The highest BCUT2D eigenvalue weighted by atomic mass is 16.5. The number of rotatable bonds is 7. The Hall–Kier alpha value is -2.06. The number of nitrogens with one attached hydrogen (secondary N) is 1. The van der Waals surface area contributed by atoms with Crippen molar-refractivity contribution in [2.24, 2.45) is 0 Å². The molecular formula is C23H29NO. The van der Waals surface area contributed by atoms with Gasteiger partial charge in [-0.15, -0.1) is 0 Å². The zero-order chi connectivity index (χ0) is 17.7. The Morgan fingerprint density at radius 3 is 2.64 bits per heavy atom. The lowest BCUT2D eigenvalue weighted by molar-refractivity contribution is 0.407. The lowest BCUT2D eigenvalue weighted by Gasteiger charge is -2.38. The van der Waals surface area contributed by atoms with Crippen molar-refractivity contribution in [3.05, 3.63) is 77.4 Å². The zero-order valence-electron chi connectivity index (χ0n) is 15.5. The molecule has 132 valence electrons. The van der Waals surface area contributed by atoms with E-state index in [1.54, 1.807) is 7.11 Å². The van der Waals surface area contributed by atoms with E-state index in [2.05, 4.69) is 67.4 Å². The van der Waals surface area contributed by atoms with Crippen molar-refractivity contribution >= 4 is 0 Å². The number of aryl methyl sites for hydroxylation is 1. The predicted molar refractivity (Wildman–Crippen MR) is 105 cm³/mol. The standard InChI is InChI=1S/C23H29NO/c1-18-9-10-20-11-12-21(25-3)17-22(20)23(18,2)14-16-24-15-13-19-7-5-4-6-8-19/h4-8,11-12,17,24H,1,9-10,13-16H2,2-3H3/t23-/m1/s1. The molecule has 0 spiro atoms. The molecule has 0 bridgehead atoms. The third kappa shape index (κ3) is 3.96. The molecule has 2 aromatic rings. The van der Waals surface area contributed by atoms with E-state index in [-0.39, 0.29) is 5.41 Å². The molecule has 0 saturated heterocycles. The fraction of sp³-hybridized carbons (Fsp3) is 0.391. The molecule has 0 aliphatic heterocycles. The lowest BCUT2D eigenvalue weighted by Crippen LogP contribution is -2.34. The van der Waals surface area contributed by atoms with E-state index in [0.717, 1.165) is 44.5 Å². The van der Waals surface area contributed by atoms with Gasteiger partial charge in [-0.1, -0.05) is 55.5 Å². The topological polar surface area (TPSA) is 21.3 Å². The van der Waals surface area contributed by atoms with Gasteiger partial charge in [0.25, 0.3) is 0 Å². The predicted octanol–water partition coefficient (Wildman–Crippen LogP) is 4.68. The van der Waals surface area contributed by atoms with Crippen molar-refractivity contribution in [1.82, 2.24) is 5.32 Å². The second-order valence-electron chi connectivity index (χ2n) is 7.19. The molecule has 0 aromatic heterocycles. The number of methoxy groups -OCH3 is 1. The van der Waals surface area contributed by atoms with Crippen LogP contribution in [0.25, 0.3) is 0 Å². The molecule has 0 saturated carbocycles. The van der Waals surface area contributed by atoms with Gasteiger partial charge in [-0.25, -0.2) is 0 Å². The van der Waals surface area contributed by atoms with Crippen LogP contribution in [0.5, 0.6) is 5.75 Å². The molecule has 0 fully saturated rings. The highest BCUT2D eigenvalue weighted by molar-refractivity contribution is 5.48. The molecular weight excluding hydrogens is 306 g/mol. The van der Waals surface area contributed by atoms with Gasteiger partial charge >= 0.3 is 0 Å². The van der Waals surface area contributed by atoms with Gasteiger partial charge in [0.1, 0.15) is 5.75 Å². The van der Waals surface area contributed by atoms with Crippen molar-refractivity contribution in [2.75, 3.05) is 20.2 Å². The van der Waals surface area contributed by atoms with Crippen LogP contribution in [0.2, 0.25) is 0 Å². The second kappa shape index (κ2) is 7.88. The van der Waals surface area contributed by atoms with Gasteiger partial charge in [0.2, 0.25) is 0 Å². The van der Waals surface area contributed by atoms with Crippen LogP contribution < -0.4 is 10.1 Å². The van der Waals surface area contributed by atoms with Gasteiger partial charge in [-0.3, -0.25) is 0 Å². The minimum absolute atomic E-state index is 0.0296. The zero-order valence-corrected chi connectivity index (χ0v) is 15.5. The largest absolute Gasteiger partial charge is 0.497 e. The monoisotopic (exact) mass is 335 g/mol. The maximum absolute atomic E-state index is 5.46. The Balaban J connectivity index is 1.62. The quantitative estimate of drug-likeness (QED) is 0.586. The van der Waals surface area contributed by atoms with Crippen molar-refractivity contribution in [3.8, 4) is 5.75 Å². The summed E-state index contributed by atoms with van der Waals surface area (Å²) in [6, 6.07) is 17.2. The first-order valence-corrected chi connectivity index (χ1v) is 9.24. The number of hydrogen-bond donors (Lipinski definition) is 1. The van der Waals surface area contributed by atoms with Crippen LogP contribution in [0.1, 0.15) is 36.5 Å². The van der Waals surface area contributed by atoms with E-state index in [1.165, 1.54) is 22.3 Å². The Morgan fingerprint density at radius 1 is 1.08 bits per heavy atom. The number of hydrogen-bond acceptors (Lipinski definition) is 2. The van der Waals surface area contributed by atoms with Gasteiger partial charge < -0.3 is 10.1 Å². The maximum atomic E-state index is 5.46. The summed E-state index contributed by atoms with van der Waals surface area (Å²) in [5.74, 6) is 0.941. The number of benzene rings is 2. The van der Waals surface area contributed by atoms with E-state index in [4.69, 9.17) is 4.74 Å². The Bertz CT molecular complexity index is 722. The van der Waals surface area contributed by atoms with E-state index in [1.807, 2.05) is 0 Å². The first-order chi connectivity index (χ1) is 12.1. The fourth-order valence-electron chi connectivity index (χ4n) is 3.82. The van der Waals surface area contributed by atoms with Crippen molar-refractivity contribution < 1.29 is 4.74 Å². The smallest absolute Gasteiger partial charge is 0.119 e. The summed E-state index contributed by atoms with van der Waals surface area (Å²) < 4.78 is 5.46. The first-order valence-electron chi connectivity index (χ1n) is 9.24. The van der Waals surface area contributed by atoms with Crippen LogP contribution in [-0.2, 0) is 18.3 Å². The summed E-state index contributed by atoms with van der Waals surface area (Å²) in [5, 5.41) is 3.61. The third-order valence-electron chi connectivity index (χ3n) is 5.62. The minimum Gasteiger partial charge on any atom is -0.497 e. The Labute approximate surface area is 151 Å². The van der Waals surface area contributed by atoms with Crippen LogP contribution in [0.15, 0.2) is 60.7 Å². The number of ether oxygens (including phenoxy) is 1. The first kappa shape index (κ1) is 17.8. The van der Waals surface area contributed by atoms with Gasteiger partial charge in [0, 0.05) is 5.41 Å². The van der Waals surface area contributed by atoms with E-state index < -0.39 is 0 Å². The summed E-state index contributed by atoms with van der Waals surface area (Å²) >= 11 is 0. The second-order valence-corrected chi connectivity index (χ2v) is 7.19. The lowest BCUT2D eigenvalue weighted by atomic mass is 9.66. The molecule has 2 aromatic carbocycles. The number of allylic oxidation sites excluding steroid dienone is 1.